The fraction of sp³-hybridized carbons (Fsp3) is 0.250. The highest BCUT2D eigenvalue weighted by atomic mass is 32.1. The predicted octanol–water partition coefficient (Wildman–Crippen LogP) is 5.12. The van der Waals surface area contributed by atoms with Crippen molar-refractivity contribution < 1.29 is 23.1 Å². The van der Waals surface area contributed by atoms with Crippen LogP contribution in [0.1, 0.15) is 43.9 Å². The molecule has 0 radical (unpaired) electrons. The van der Waals surface area contributed by atoms with Crippen LogP contribution in [0.15, 0.2) is 24.3 Å². The number of halogens is 2. The molecule has 1 aromatic carbocycles. The number of aromatic nitrogens is 2. The van der Waals surface area contributed by atoms with Crippen LogP contribution in [0.2, 0.25) is 0 Å². The van der Waals surface area contributed by atoms with Gasteiger partial charge in [0.05, 0.1) is 5.69 Å². The number of anilines is 1. The second-order valence-electron chi connectivity index (χ2n) is 6.46. The van der Waals surface area contributed by atoms with Crippen molar-refractivity contribution in [1.82, 2.24) is 9.97 Å². The van der Waals surface area contributed by atoms with Crippen LogP contribution in [-0.4, -0.2) is 28.3 Å². The second-order valence-corrected chi connectivity index (χ2v) is 7.67. The van der Waals surface area contributed by atoms with Crippen LogP contribution in [-0.2, 0) is 0 Å². The van der Waals surface area contributed by atoms with E-state index < -0.39 is 6.61 Å². The maximum Gasteiger partial charge on any atom is 0.387 e. The number of Topliss-reactive ketones (excluding diaryl/α,β-unsaturated/α-hetero) is 1. The van der Waals surface area contributed by atoms with Gasteiger partial charge in [-0.1, -0.05) is 0 Å². The number of ketones is 1. The third-order valence-corrected chi connectivity index (χ3v) is 5.27. The van der Waals surface area contributed by atoms with Gasteiger partial charge in [0, 0.05) is 21.7 Å². The summed E-state index contributed by atoms with van der Waals surface area (Å²) in [5, 5.41) is 3.14. The van der Waals surface area contributed by atoms with Gasteiger partial charge < -0.3 is 9.72 Å². The van der Waals surface area contributed by atoms with E-state index in [1.165, 1.54) is 30.4 Å². The van der Waals surface area contributed by atoms with E-state index in [-0.39, 0.29) is 17.4 Å². The predicted molar refractivity (Wildman–Crippen MR) is 107 cm³/mol. The molecule has 0 atom stereocenters. The number of rotatable bonds is 6. The minimum Gasteiger partial charge on any atom is -0.435 e. The lowest BCUT2D eigenvalue weighted by molar-refractivity contribution is -0.0498. The number of hydrogen-bond acceptors (Lipinski definition) is 5. The molecule has 0 aliphatic rings. The van der Waals surface area contributed by atoms with Gasteiger partial charge in [-0.25, -0.2) is 4.98 Å². The van der Waals surface area contributed by atoms with Crippen molar-refractivity contribution in [2.24, 2.45) is 0 Å². The molecule has 1 amide bonds. The molecular weight excluding hydrogens is 400 g/mol. The first-order valence-corrected chi connectivity index (χ1v) is 9.53. The van der Waals surface area contributed by atoms with Crippen LogP contribution >= 0.6 is 11.3 Å². The smallest absolute Gasteiger partial charge is 0.387 e. The molecule has 0 saturated carbocycles. The lowest BCUT2D eigenvalue weighted by Crippen LogP contribution is -2.13. The van der Waals surface area contributed by atoms with Gasteiger partial charge in [-0.05, 0) is 57.5 Å². The normalized spacial score (nSPS) is 11.0. The fourth-order valence-electron chi connectivity index (χ4n) is 3.18. The number of nitrogens with one attached hydrogen (secondary N) is 2. The van der Waals surface area contributed by atoms with Crippen LogP contribution in [0.5, 0.6) is 5.75 Å². The molecule has 3 aromatic rings. The van der Waals surface area contributed by atoms with Gasteiger partial charge in [0.25, 0.3) is 5.91 Å². The molecule has 152 valence electrons. The number of thiazole rings is 1. The molecule has 6 nitrogen and oxygen atoms in total. The van der Waals surface area contributed by atoms with E-state index in [2.05, 4.69) is 20.0 Å². The molecule has 0 saturated heterocycles. The van der Waals surface area contributed by atoms with Crippen LogP contribution in [0.25, 0.3) is 11.3 Å². The number of aromatic amines is 1. The summed E-state index contributed by atoms with van der Waals surface area (Å²) in [6.07, 6.45) is 0. The molecule has 29 heavy (non-hydrogen) atoms. The van der Waals surface area contributed by atoms with Gasteiger partial charge in [0.1, 0.15) is 11.4 Å². The summed E-state index contributed by atoms with van der Waals surface area (Å²) in [7, 11) is 0. The fourth-order valence-corrected chi connectivity index (χ4v) is 4.01. The Bertz CT molecular complexity index is 1070. The molecule has 9 heteroatoms. The summed E-state index contributed by atoms with van der Waals surface area (Å²) in [4.78, 5) is 32.7. The Kier molecular flexibility index (Phi) is 5.78. The lowest BCUT2D eigenvalue weighted by Gasteiger charge is -2.05. The number of H-pyrrole nitrogens is 1. The second kappa shape index (κ2) is 8.12. The Balaban J connectivity index is 1.81. The van der Waals surface area contributed by atoms with Crippen LogP contribution < -0.4 is 10.1 Å². The SMILES string of the molecule is CC(=O)c1c(C)[nH]c(C(=O)Nc2nc(-c3ccc(OC(F)F)cc3)c(C)s2)c1C. The highest BCUT2D eigenvalue weighted by Crippen LogP contribution is 2.32. The molecule has 3 rings (SSSR count). The number of amides is 1. The number of benzene rings is 1. The van der Waals surface area contributed by atoms with Crippen LogP contribution in [0.4, 0.5) is 13.9 Å². The Morgan fingerprint density at radius 1 is 1.17 bits per heavy atom. The minimum absolute atomic E-state index is 0.0593. The van der Waals surface area contributed by atoms with Gasteiger partial charge in [-0.2, -0.15) is 8.78 Å². The Labute approximate surface area is 169 Å². The van der Waals surface area contributed by atoms with Crippen molar-refractivity contribution in [3.63, 3.8) is 0 Å². The van der Waals surface area contributed by atoms with Crippen LogP contribution in [0.3, 0.4) is 0 Å². The zero-order chi connectivity index (χ0) is 21.3. The summed E-state index contributed by atoms with van der Waals surface area (Å²) in [5.41, 5.74) is 3.41. The largest absolute Gasteiger partial charge is 0.435 e. The molecule has 0 unspecified atom stereocenters. The van der Waals surface area contributed by atoms with Gasteiger partial charge in [-0.15, -0.1) is 11.3 Å². The van der Waals surface area contributed by atoms with Crippen molar-refractivity contribution in [3.05, 3.63) is 51.7 Å². The first-order chi connectivity index (χ1) is 13.7. The molecule has 0 aliphatic carbocycles. The molecule has 0 spiro atoms. The molecule has 2 heterocycles. The minimum atomic E-state index is -2.88. The molecule has 2 N–H and O–H groups in total. The average molecular weight is 419 g/mol. The first kappa shape index (κ1) is 20.7. The average Bonchev–Trinajstić information content (AvgIpc) is 3.14. The maximum absolute atomic E-state index is 12.7. The Hall–Kier alpha value is -3.07. The first-order valence-electron chi connectivity index (χ1n) is 8.71. The number of carbonyl (C=O) groups is 2. The number of nitrogens with zero attached hydrogens (tertiary/aromatic N) is 1. The van der Waals surface area contributed by atoms with Gasteiger partial charge in [-0.3, -0.25) is 14.9 Å². The molecular formula is C20H19F2N3O3S. The standard InChI is InChI=1S/C20H19F2N3O3S/c1-9-15(11(3)26)10(2)23-16(9)18(27)25-20-24-17(12(4)29-20)13-5-7-14(8-6-13)28-19(21)22/h5-8,19,23H,1-4H3,(H,24,25,27). The summed E-state index contributed by atoms with van der Waals surface area (Å²) >= 11 is 1.30. The van der Waals surface area contributed by atoms with Gasteiger partial charge in [0.15, 0.2) is 10.9 Å². The molecule has 0 bridgehead atoms. The third-order valence-electron chi connectivity index (χ3n) is 4.39. The highest BCUT2D eigenvalue weighted by Gasteiger charge is 2.21. The topological polar surface area (TPSA) is 84.1 Å². The van der Waals surface area contributed by atoms with Gasteiger partial charge in [0.2, 0.25) is 0 Å². The quantitative estimate of drug-likeness (QED) is 0.543. The van der Waals surface area contributed by atoms with Crippen molar-refractivity contribution in [2.75, 3.05) is 5.32 Å². The number of alkyl halides is 2. The summed E-state index contributed by atoms with van der Waals surface area (Å²) in [5.74, 6) is -0.440. The summed E-state index contributed by atoms with van der Waals surface area (Å²) in [6, 6.07) is 6.13. The molecule has 2 aromatic heterocycles. The highest BCUT2D eigenvalue weighted by molar-refractivity contribution is 7.16. The zero-order valence-electron chi connectivity index (χ0n) is 16.2. The third kappa shape index (κ3) is 4.34. The Morgan fingerprint density at radius 2 is 1.83 bits per heavy atom. The van der Waals surface area contributed by atoms with E-state index >= 15 is 0 Å². The van der Waals surface area contributed by atoms with Crippen molar-refractivity contribution >= 4 is 28.2 Å². The number of ether oxygens (including phenoxy) is 1. The summed E-state index contributed by atoms with van der Waals surface area (Å²) < 4.78 is 28.9. The van der Waals surface area contributed by atoms with Crippen molar-refractivity contribution in [3.8, 4) is 17.0 Å². The number of hydrogen-bond donors (Lipinski definition) is 2. The van der Waals surface area contributed by atoms with E-state index in [4.69, 9.17) is 0 Å². The van der Waals surface area contributed by atoms with Crippen molar-refractivity contribution in [1.29, 1.82) is 0 Å². The molecule has 0 fully saturated rings. The molecule has 0 aliphatic heterocycles. The zero-order valence-corrected chi connectivity index (χ0v) is 17.0. The maximum atomic E-state index is 12.7. The van der Waals surface area contributed by atoms with Gasteiger partial charge >= 0.3 is 6.61 Å². The van der Waals surface area contributed by atoms with Crippen LogP contribution in [0, 0.1) is 20.8 Å². The number of carbonyl (C=O) groups excluding carboxylic acids is 2. The summed E-state index contributed by atoms with van der Waals surface area (Å²) in [6.45, 7) is 3.89. The monoisotopic (exact) mass is 419 g/mol. The van der Waals surface area contributed by atoms with E-state index in [1.54, 1.807) is 26.0 Å². The number of aryl methyl sites for hydroxylation is 2. The van der Waals surface area contributed by atoms with E-state index in [1.807, 2.05) is 6.92 Å². The van der Waals surface area contributed by atoms with E-state index in [0.717, 1.165) is 4.88 Å². The lowest BCUT2D eigenvalue weighted by atomic mass is 10.1. The van der Waals surface area contributed by atoms with E-state index in [0.29, 0.717) is 38.9 Å². The Morgan fingerprint density at radius 3 is 2.38 bits per heavy atom. The van der Waals surface area contributed by atoms with Crippen molar-refractivity contribution in [2.45, 2.75) is 34.3 Å². The van der Waals surface area contributed by atoms with E-state index in [9.17, 15) is 18.4 Å².